The molecule has 0 fully saturated rings. The first-order valence-electron chi connectivity index (χ1n) is 7.50. The maximum absolute atomic E-state index is 5.25. The molecule has 0 unspecified atom stereocenters. The maximum atomic E-state index is 5.25. The summed E-state index contributed by atoms with van der Waals surface area (Å²) >= 11 is 1.66. The van der Waals surface area contributed by atoms with Crippen LogP contribution in [-0.2, 0) is 13.1 Å². The number of nitrogens with zero attached hydrogens (tertiary/aromatic N) is 3. The fourth-order valence-corrected chi connectivity index (χ4v) is 2.87. The highest BCUT2D eigenvalue weighted by atomic mass is 32.1. The van der Waals surface area contributed by atoms with Crippen LogP contribution >= 0.6 is 11.3 Å². The van der Waals surface area contributed by atoms with E-state index in [1.54, 1.807) is 31.7 Å². The molecule has 0 atom stereocenters. The Morgan fingerprint density at radius 3 is 2.78 bits per heavy atom. The molecule has 0 aliphatic carbocycles. The van der Waals surface area contributed by atoms with E-state index in [1.807, 2.05) is 12.1 Å². The van der Waals surface area contributed by atoms with Crippen molar-refractivity contribution in [2.24, 2.45) is 4.99 Å². The van der Waals surface area contributed by atoms with E-state index in [0.29, 0.717) is 24.9 Å². The van der Waals surface area contributed by atoms with Crippen LogP contribution in [0.5, 0.6) is 5.88 Å². The Morgan fingerprint density at radius 1 is 1.35 bits per heavy atom. The molecule has 23 heavy (non-hydrogen) atoms. The quantitative estimate of drug-likeness (QED) is 0.628. The second-order valence-electron chi connectivity index (χ2n) is 5.27. The molecule has 6 nitrogen and oxygen atoms in total. The summed E-state index contributed by atoms with van der Waals surface area (Å²) in [6, 6.07) is 3.86. The molecule has 2 rings (SSSR count). The molecule has 2 N–H and O–H groups in total. The Morgan fingerprint density at radius 2 is 2.13 bits per heavy atom. The summed E-state index contributed by atoms with van der Waals surface area (Å²) in [6.45, 7) is 5.54. The van der Waals surface area contributed by atoms with Gasteiger partial charge in [-0.1, -0.05) is 19.9 Å². The molecule has 2 aromatic heterocycles. The molecular formula is C16H23N5OS. The third-order valence-electron chi connectivity index (χ3n) is 3.28. The molecule has 0 spiro atoms. The van der Waals surface area contributed by atoms with Crippen LogP contribution < -0.4 is 15.4 Å². The van der Waals surface area contributed by atoms with Crippen LogP contribution in [0.3, 0.4) is 0 Å². The van der Waals surface area contributed by atoms with Gasteiger partial charge in [0.1, 0.15) is 5.01 Å². The number of nitrogens with one attached hydrogen (secondary N) is 2. The fraction of sp³-hybridized carbons (Fsp3) is 0.438. The van der Waals surface area contributed by atoms with Gasteiger partial charge < -0.3 is 15.4 Å². The SMILES string of the molecule is CN=C(NCc1nc(C(C)C)cs1)NCc1cccnc1OC. The third kappa shape index (κ3) is 4.92. The minimum Gasteiger partial charge on any atom is -0.481 e. The molecule has 0 saturated heterocycles. The molecular weight excluding hydrogens is 310 g/mol. The number of rotatable bonds is 6. The number of thiazole rings is 1. The highest BCUT2D eigenvalue weighted by Gasteiger charge is 2.07. The largest absolute Gasteiger partial charge is 0.481 e. The molecule has 124 valence electrons. The van der Waals surface area contributed by atoms with Crippen LogP contribution in [-0.4, -0.2) is 30.1 Å². The van der Waals surface area contributed by atoms with Crippen molar-refractivity contribution in [3.8, 4) is 5.88 Å². The van der Waals surface area contributed by atoms with Crippen LogP contribution in [0.1, 0.15) is 36.0 Å². The first-order valence-corrected chi connectivity index (χ1v) is 8.38. The molecule has 0 aliphatic heterocycles. The van der Waals surface area contributed by atoms with Crippen molar-refractivity contribution < 1.29 is 4.74 Å². The van der Waals surface area contributed by atoms with Crippen LogP contribution in [0.25, 0.3) is 0 Å². The normalized spacial score (nSPS) is 11.6. The second kappa shape index (κ2) is 8.47. The fourth-order valence-electron chi connectivity index (χ4n) is 1.97. The second-order valence-corrected chi connectivity index (χ2v) is 6.21. The zero-order valence-corrected chi connectivity index (χ0v) is 14.8. The van der Waals surface area contributed by atoms with E-state index >= 15 is 0 Å². The number of methoxy groups -OCH3 is 1. The molecule has 2 heterocycles. The van der Waals surface area contributed by atoms with E-state index in [2.05, 4.69) is 44.8 Å². The molecule has 0 saturated carbocycles. The molecule has 7 heteroatoms. The van der Waals surface area contributed by atoms with E-state index in [1.165, 1.54) is 0 Å². The van der Waals surface area contributed by atoms with Gasteiger partial charge in [-0.2, -0.15) is 0 Å². The molecule has 0 aromatic carbocycles. The molecule has 0 amide bonds. The van der Waals surface area contributed by atoms with Gasteiger partial charge in [-0.25, -0.2) is 9.97 Å². The van der Waals surface area contributed by atoms with Gasteiger partial charge in [-0.05, 0) is 12.0 Å². The number of aliphatic imine (C=N–C) groups is 1. The lowest BCUT2D eigenvalue weighted by atomic mass is 10.2. The lowest BCUT2D eigenvalue weighted by Gasteiger charge is -2.12. The number of hydrogen-bond donors (Lipinski definition) is 2. The Hall–Kier alpha value is -2.15. The standard InChI is InChI=1S/C16H23N5OS/c1-11(2)13-10-23-14(21-13)9-20-16(17-3)19-8-12-6-5-7-18-15(12)22-4/h5-7,10-11H,8-9H2,1-4H3,(H2,17,19,20). The lowest BCUT2D eigenvalue weighted by Crippen LogP contribution is -2.36. The molecule has 0 bridgehead atoms. The summed E-state index contributed by atoms with van der Waals surface area (Å²) in [6.07, 6.45) is 1.71. The molecule has 0 aliphatic rings. The highest BCUT2D eigenvalue weighted by molar-refractivity contribution is 7.09. The number of ether oxygens (including phenoxy) is 1. The monoisotopic (exact) mass is 333 g/mol. The van der Waals surface area contributed by atoms with Gasteiger partial charge in [0.05, 0.1) is 19.3 Å². The van der Waals surface area contributed by atoms with Crippen LogP contribution in [0, 0.1) is 0 Å². The van der Waals surface area contributed by atoms with E-state index in [9.17, 15) is 0 Å². The van der Waals surface area contributed by atoms with Crippen molar-refractivity contribution in [2.45, 2.75) is 32.9 Å². The topological polar surface area (TPSA) is 71.4 Å². The number of pyridine rings is 1. The van der Waals surface area contributed by atoms with Crippen LogP contribution in [0.2, 0.25) is 0 Å². The summed E-state index contributed by atoms with van der Waals surface area (Å²) in [7, 11) is 3.37. The predicted molar refractivity (Wildman–Crippen MR) is 94.0 cm³/mol. The van der Waals surface area contributed by atoms with Crippen molar-refractivity contribution in [2.75, 3.05) is 14.2 Å². The summed E-state index contributed by atoms with van der Waals surface area (Å²) in [4.78, 5) is 13.0. The summed E-state index contributed by atoms with van der Waals surface area (Å²) in [5, 5.41) is 9.69. The summed E-state index contributed by atoms with van der Waals surface area (Å²) < 4.78 is 5.25. The smallest absolute Gasteiger partial charge is 0.218 e. The Bertz CT molecular complexity index is 653. The van der Waals surface area contributed by atoms with Gasteiger partial charge in [-0.15, -0.1) is 11.3 Å². The lowest BCUT2D eigenvalue weighted by molar-refractivity contribution is 0.392. The van der Waals surface area contributed by atoms with Crippen molar-refractivity contribution in [3.63, 3.8) is 0 Å². The number of hydrogen-bond acceptors (Lipinski definition) is 5. The molecule has 2 aromatic rings. The highest BCUT2D eigenvalue weighted by Crippen LogP contribution is 2.17. The predicted octanol–water partition coefficient (Wildman–Crippen LogP) is 2.54. The maximum Gasteiger partial charge on any atom is 0.218 e. The number of aromatic nitrogens is 2. The number of guanidine groups is 1. The van der Waals surface area contributed by atoms with Gasteiger partial charge in [0.15, 0.2) is 5.96 Å². The van der Waals surface area contributed by atoms with E-state index in [0.717, 1.165) is 22.2 Å². The summed E-state index contributed by atoms with van der Waals surface area (Å²) in [5.74, 6) is 1.80. The first kappa shape index (κ1) is 17.2. The Kier molecular flexibility index (Phi) is 6.34. The van der Waals surface area contributed by atoms with Crippen molar-refractivity contribution in [1.82, 2.24) is 20.6 Å². The Labute approximate surface area is 141 Å². The van der Waals surface area contributed by atoms with Crippen molar-refractivity contribution in [1.29, 1.82) is 0 Å². The Balaban J connectivity index is 1.88. The van der Waals surface area contributed by atoms with E-state index in [4.69, 9.17) is 4.74 Å². The van der Waals surface area contributed by atoms with Crippen LogP contribution in [0.15, 0.2) is 28.7 Å². The summed E-state index contributed by atoms with van der Waals surface area (Å²) in [5.41, 5.74) is 2.11. The van der Waals surface area contributed by atoms with E-state index < -0.39 is 0 Å². The first-order chi connectivity index (χ1) is 11.1. The van der Waals surface area contributed by atoms with E-state index in [-0.39, 0.29) is 0 Å². The van der Waals surface area contributed by atoms with Gasteiger partial charge in [-0.3, -0.25) is 4.99 Å². The van der Waals surface area contributed by atoms with Gasteiger partial charge in [0, 0.05) is 30.7 Å². The third-order valence-corrected chi connectivity index (χ3v) is 4.15. The zero-order valence-electron chi connectivity index (χ0n) is 14.0. The zero-order chi connectivity index (χ0) is 16.7. The average molecular weight is 333 g/mol. The van der Waals surface area contributed by atoms with Gasteiger partial charge in [0.25, 0.3) is 0 Å². The molecule has 0 radical (unpaired) electrons. The minimum absolute atomic E-state index is 0.454. The minimum atomic E-state index is 0.454. The average Bonchev–Trinajstić information content (AvgIpc) is 3.04. The van der Waals surface area contributed by atoms with Crippen molar-refractivity contribution >= 4 is 17.3 Å². The van der Waals surface area contributed by atoms with Gasteiger partial charge >= 0.3 is 0 Å². The van der Waals surface area contributed by atoms with Crippen molar-refractivity contribution in [3.05, 3.63) is 40.0 Å². The van der Waals surface area contributed by atoms with Gasteiger partial charge in [0.2, 0.25) is 5.88 Å². The van der Waals surface area contributed by atoms with Crippen LogP contribution in [0.4, 0.5) is 0 Å².